The molecule has 136 valence electrons. The van der Waals surface area contributed by atoms with Gasteiger partial charge in [-0.05, 0) is 50.3 Å². The molecule has 0 saturated carbocycles. The van der Waals surface area contributed by atoms with Crippen LogP contribution in [0.1, 0.15) is 33.9 Å². The average Bonchev–Trinajstić information content (AvgIpc) is 2.77. The molecular formula is C15H23IN2O6. The molecule has 0 amide bonds. The Hall–Kier alpha value is -0.750. The van der Waals surface area contributed by atoms with E-state index in [1.54, 1.807) is 0 Å². The van der Waals surface area contributed by atoms with Gasteiger partial charge in [0.05, 0.1) is 22.4 Å². The minimum atomic E-state index is -1.06. The van der Waals surface area contributed by atoms with Crippen LogP contribution >= 0.6 is 22.6 Å². The number of aliphatic hydroxyl groups is 1. The SMILES string of the molecule is CC(C)OC[C@H]1O[C@@H](n2cc(I)c(=O)[nH]c2=O)C(O)C1OC(C)C. The van der Waals surface area contributed by atoms with Crippen LogP contribution < -0.4 is 11.2 Å². The zero-order valence-corrected chi connectivity index (χ0v) is 16.2. The largest absolute Gasteiger partial charge is 0.386 e. The Balaban J connectivity index is 2.30. The van der Waals surface area contributed by atoms with Crippen molar-refractivity contribution in [2.24, 2.45) is 0 Å². The minimum Gasteiger partial charge on any atom is -0.386 e. The van der Waals surface area contributed by atoms with Crippen LogP contribution in [0.2, 0.25) is 0 Å². The first kappa shape index (κ1) is 19.6. The standard InChI is InChI=1S/C15H23IN2O6/c1-7(2)22-6-10-12(23-8(3)4)11(19)14(24-10)18-5-9(16)13(20)17-15(18)21/h5,7-8,10-12,14,19H,6H2,1-4H3,(H,17,20,21)/t10-,11?,12?,14-/m1/s1. The van der Waals surface area contributed by atoms with Gasteiger partial charge in [0, 0.05) is 6.20 Å². The van der Waals surface area contributed by atoms with Crippen molar-refractivity contribution in [2.45, 2.75) is 64.4 Å². The Bertz CT molecular complexity index is 671. The molecule has 1 aliphatic rings. The first-order chi connectivity index (χ1) is 11.2. The first-order valence-corrected chi connectivity index (χ1v) is 8.90. The molecule has 0 spiro atoms. The number of aliphatic hydroxyl groups excluding tert-OH is 1. The first-order valence-electron chi connectivity index (χ1n) is 7.82. The quantitative estimate of drug-likeness (QED) is 0.612. The van der Waals surface area contributed by atoms with Gasteiger partial charge in [-0.2, -0.15) is 0 Å². The molecule has 24 heavy (non-hydrogen) atoms. The third-order valence-corrected chi connectivity index (χ3v) is 4.30. The number of hydrogen-bond acceptors (Lipinski definition) is 6. The summed E-state index contributed by atoms with van der Waals surface area (Å²) in [4.78, 5) is 25.8. The fourth-order valence-electron chi connectivity index (χ4n) is 2.50. The predicted octanol–water partition coefficient (Wildman–Crippen LogP) is 0.618. The summed E-state index contributed by atoms with van der Waals surface area (Å²) in [7, 11) is 0. The third-order valence-electron chi connectivity index (χ3n) is 3.53. The monoisotopic (exact) mass is 454 g/mol. The van der Waals surface area contributed by atoms with E-state index in [0.717, 1.165) is 0 Å². The molecule has 9 heteroatoms. The topological polar surface area (TPSA) is 103 Å². The van der Waals surface area contributed by atoms with Gasteiger partial charge in [0.25, 0.3) is 5.56 Å². The van der Waals surface area contributed by atoms with Crippen LogP contribution in [0.15, 0.2) is 15.8 Å². The Morgan fingerprint density at radius 3 is 2.58 bits per heavy atom. The van der Waals surface area contributed by atoms with Gasteiger partial charge in [-0.1, -0.05) is 0 Å². The van der Waals surface area contributed by atoms with Crippen molar-refractivity contribution in [3.05, 3.63) is 30.6 Å². The van der Waals surface area contributed by atoms with E-state index < -0.39 is 35.8 Å². The van der Waals surface area contributed by atoms with Crippen molar-refractivity contribution in [1.82, 2.24) is 9.55 Å². The van der Waals surface area contributed by atoms with Crippen molar-refractivity contribution in [3.63, 3.8) is 0 Å². The fourth-order valence-corrected chi connectivity index (χ4v) is 2.94. The Morgan fingerprint density at radius 1 is 1.33 bits per heavy atom. The van der Waals surface area contributed by atoms with E-state index in [0.29, 0.717) is 3.57 Å². The lowest BCUT2D eigenvalue weighted by Gasteiger charge is -2.23. The minimum absolute atomic E-state index is 0.00115. The highest BCUT2D eigenvalue weighted by Gasteiger charge is 2.46. The van der Waals surface area contributed by atoms with Crippen LogP contribution in [-0.4, -0.2) is 51.8 Å². The fraction of sp³-hybridized carbons (Fsp3) is 0.733. The lowest BCUT2D eigenvalue weighted by molar-refractivity contribution is -0.0979. The van der Waals surface area contributed by atoms with Gasteiger partial charge in [-0.15, -0.1) is 0 Å². The van der Waals surface area contributed by atoms with Crippen molar-refractivity contribution in [1.29, 1.82) is 0 Å². The summed E-state index contributed by atoms with van der Waals surface area (Å²) in [5.41, 5.74) is -1.11. The van der Waals surface area contributed by atoms with E-state index in [9.17, 15) is 14.7 Å². The van der Waals surface area contributed by atoms with Gasteiger partial charge < -0.3 is 19.3 Å². The maximum atomic E-state index is 12.1. The molecule has 4 atom stereocenters. The molecule has 1 aromatic heterocycles. The number of H-pyrrole nitrogens is 1. The van der Waals surface area contributed by atoms with Gasteiger partial charge in [-0.25, -0.2) is 4.79 Å². The number of aromatic nitrogens is 2. The van der Waals surface area contributed by atoms with Crippen molar-refractivity contribution >= 4 is 22.6 Å². The number of rotatable bonds is 6. The second kappa shape index (κ2) is 8.09. The van der Waals surface area contributed by atoms with E-state index in [2.05, 4.69) is 4.98 Å². The average molecular weight is 454 g/mol. The summed E-state index contributed by atoms with van der Waals surface area (Å²) in [6.45, 7) is 7.74. The van der Waals surface area contributed by atoms with Gasteiger partial charge in [0.2, 0.25) is 0 Å². The van der Waals surface area contributed by atoms with E-state index in [4.69, 9.17) is 14.2 Å². The predicted molar refractivity (Wildman–Crippen MR) is 95.1 cm³/mol. The van der Waals surface area contributed by atoms with Crippen LogP contribution in [-0.2, 0) is 14.2 Å². The molecule has 2 heterocycles. The summed E-state index contributed by atoms with van der Waals surface area (Å²) in [6.07, 6.45) is -1.92. The zero-order valence-electron chi connectivity index (χ0n) is 14.1. The van der Waals surface area contributed by atoms with Gasteiger partial charge in [-0.3, -0.25) is 14.3 Å². The molecular weight excluding hydrogens is 431 g/mol. The van der Waals surface area contributed by atoms with Crippen LogP contribution in [0.3, 0.4) is 0 Å². The number of hydrogen-bond donors (Lipinski definition) is 2. The van der Waals surface area contributed by atoms with Crippen molar-refractivity contribution in [2.75, 3.05) is 6.61 Å². The van der Waals surface area contributed by atoms with E-state index in [1.807, 2.05) is 50.3 Å². The molecule has 1 fully saturated rings. The second-order valence-corrected chi connectivity index (χ2v) is 7.39. The molecule has 0 radical (unpaired) electrons. The lowest BCUT2D eigenvalue weighted by atomic mass is 10.1. The molecule has 8 nitrogen and oxygen atoms in total. The van der Waals surface area contributed by atoms with Crippen LogP contribution in [0.4, 0.5) is 0 Å². The molecule has 0 aliphatic carbocycles. The highest BCUT2D eigenvalue weighted by Crippen LogP contribution is 2.31. The number of nitrogens with zero attached hydrogens (tertiary/aromatic N) is 1. The number of aromatic amines is 1. The molecule has 1 aliphatic heterocycles. The Morgan fingerprint density at radius 2 is 2.00 bits per heavy atom. The van der Waals surface area contributed by atoms with Crippen molar-refractivity contribution in [3.8, 4) is 0 Å². The number of halogens is 1. The van der Waals surface area contributed by atoms with E-state index >= 15 is 0 Å². The third kappa shape index (κ3) is 4.45. The summed E-state index contributed by atoms with van der Waals surface area (Å²) in [5.74, 6) is 0. The smallest absolute Gasteiger partial charge is 0.330 e. The summed E-state index contributed by atoms with van der Waals surface area (Å²) in [6, 6.07) is 0. The highest BCUT2D eigenvalue weighted by molar-refractivity contribution is 14.1. The summed E-state index contributed by atoms with van der Waals surface area (Å²) >= 11 is 1.82. The number of ether oxygens (including phenoxy) is 3. The second-order valence-electron chi connectivity index (χ2n) is 6.23. The molecule has 2 unspecified atom stereocenters. The molecule has 2 rings (SSSR count). The van der Waals surface area contributed by atoms with Crippen molar-refractivity contribution < 1.29 is 19.3 Å². The number of nitrogens with one attached hydrogen (secondary N) is 1. The summed E-state index contributed by atoms with van der Waals surface area (Å²) < 4.78 is 18.7. The van der Waals surface area contributed by atoms with E-state index in [-0.39, 0.29) is 18.8 Å². The summed E-state index contributed by atoms with van der Waals surface area (Å²) in [5, 5.41) is 10.6. The Labute approximate surface area is 153 Å². The van der Waals surface area contributed by atoms with Crippen LogP contribution in [0, 0.1) is 3.57 Å². The Kier molecular flexibility index (Phi) is 6.59. The molecule has 1 aromatic rings. The highest BCUT2D eigenvalue weighted by atomic mass is 127. The maximum Gasteiger partial charge on any atom is 0.330 e. The molecule has 1 saturated heterocycles. The van der Waals surface area contributed by atoms with Gasteiger partial charge in [0.1, 0.15) is 18.3 Å². The van der Waals surface area contributed by atoms with Gasteiger partial charge in [0.15, 0.2) is 6.23 Å². The van der Waals surface area contributed by atoms with Gasteiger partial charge >= 0.3 is 5.69 Å². The zero-order chi connectivity index (χ0) is 18.0. The molecule has 0 aromatic carbocycles. The lowest BCUT2D eigenvalue weighted by Crippen LogP contribution is -2.40. The molecule has 0 bridgehead atoms. The molecule has 2 N–H and O–H groups in total. The normalized spacial score (nSPS) is 27.3. The maximum absolute atomic E-state index is 12.1. The van der Waals surface area contributed by atoms with Crippen LogP contribution in [0.25, 0.3) is 0 Å². The van der Waals surface area contributed by atoms with E-state index in [1.165, 1.54) is 10.8 Å². The van der Waals surface area contributed by atoms with Crippen LogP contribution in [0.5, 0.6) is 0 Å².